The van der Waals surface area contributed by atoms with E-state index in [2.05, 4.69) is 31.4 Å². The predicted molar refractivity (Wildman–Crippen MR) is 107 cm³/mol. The van der Waals surface area contributed by atoms with Crippen LogP contribution in [0.1, 0.15) is 49.5 Å². The Morgan fingerprint density at radius 2 is 1.78 bits per heavy atom. The van der Waals surface area contributed by atoms with Crippen LogP contribution in [0.25, 0.3) is 0 Å². The average Bonchev–Trinajstić information content (AvgIpc) is 2.62. The Morgan fingerprint density at radius 1 is 1.19 bits per heavy atom. The van der Waals surface area contributed by atoms with Crippen molar-refractivity contribution in [1.29, 1.82) is 0 Å². The lowest BCUT2D eigenvalue weighted by atomic mass is 9.89. The molecule has 2 N–H and O–H groups in total. The molecule has 1 aromatic carbocycles. The number of methoxy groups -OCH3 is 1. The molecule has 1 heterocycles. The van der Waals surface area contributed by atoms with Crippen LogP contribution in [0, 0.1) is 12.3 Å². The number of ether oxygens (including phenoxy) is 1. The molecule has 27 heavy (non-hydrogen) atoms. The first kappa shape index (κ1) is 21.2. The summed E-state index contributed by atoms with van der Waals surface area (Å²) in [4.78, 5) is 26.6. The number of hydrogen-bond acceptors (Lipinski definition) is 3. The Kier molecular flexibility index (Phi) is 7.25. The summed E-state index contributed by atoms with van der Waals surface area (Å²) in [5.74, 6) is 0.0611. The second kappa shape index (κ2) is 9.22. The number of aryl methyl sites for hydroxylation is 1. The van der Waals surface area contributed by atoms with Crippen LogP contribution in [0.15, 0.2) is 24.3 Å². The summed E-state index contributed by atoms with van der Waals surface area (Å²) in [6.07, 6.45) is 1.48. The van der Waals surface area contributed by atoms with Gasteiger partial charge < -0.3 is 20.3 Å². The number of hydrogen-bond donors (Lipinski definition) is 2. The maximum absolute atomic E-state index is 12.6. The first-order valence-corrected chi connectivity index (χ1v) is 9.64. The van der Waals surface area contributed by atoms with Crippen molar-refractivity contribution >= 4 is 11.9 Å². The van der Waals surface area contributed by atoms with Gasteiger partial charge >= 0.3 is 6.03 Å². The Bertz CT molecular complexity index is 629. The zero-order chi connectivity index (χ0) is 20.0. The van der Waals surface area contributed by atoms with Gasteiger partial charge in [0.2, 0.25) is 0 Å². The van der Waals surface area contributed by atoms with Gasteiger partial charge in [0.05, 0.1) is 6.10 Å². The van der Waals surface area contributed by atoms with Crippen LogP contribution in [0.5, 0.6) is 0 Å². The van der Waals surface area contributed by atoms with Crippen LogP contribution in [0.3, 0.4) is 0 Å². The van der Waals surface area contributed by atoms with E-state index in [0.29, 0.717) is 19.6 Å². The van der Waals surface area contributed by atoms with E-state index in [9.17, 15) is 9.59 Å². The number of benzene rings is 1. The standard InChI is InChI=1S/C21H33N3O3/c1-15-6-8-16(9-7-15)19(25)24-12-10-17(11-13-24)23-20(26)22-14-18(27-5)21(2,3)4/h6-9,17-18H,10-14H2,1-5H3,(H2,22,23,26). The second-order valence-corrected chi connectivity index (χ2v) is 8.38. The largest absolute Gasteiger partial charge is 0.379 e. The molecule has 3 amide bonds. The first-order chi connectivity index (χ1) is 12.7. The van der Waals surface area contributed by atoms with Crippen LogP contribution in [0.2, 0.25) is 0 Å². The van der Waals surface area contributed by atoms with E-state index < -0.39 is 0 Å². The highest BCUT2D eigenvalue weighted by atomic mass is 16.5. The summed E-state index contributed by atoms with van der Waals surface area (Å²) in [7, 11) is 1.66. The summed E-state index contributed by atoms with van der Waals surface area (Å²) in [6.45, 7) is 10.0. The Morgan fingerprint density at radius 3 is 2.30 bits per heavy atom. The molecule has 0 saturated carbocycles. The minimum absolute atomic E-state index is 0.0380. The SMILES string of the molecule is COC(CNC(=O)NC1CCN(C(=O)c2ccc(C)cc2)CC1)C(C)(C)C. The van der Waals surface area contributed by atoms with Crippen molar-refractivity contribution in [2.45, 2.75) is 52.7 Å². The third-order valence-corrected chi connectivity index (χ3v) is 5.11. The number of piperidine rings is 1. The number of rotatable bonds is 5. The quantitative estimate of drug-likeness (QED) is 0.831. The second-order valence-electron chi connectivity index (χ2n) is 8.38. The molecule has 1 fully saturated rings. The summed E-state index contributed by atoms with van der Waals surface area (Å²) in [5, 5.41) is 5.91. The summed E-state index contributed by atoms with van der Waals surface area (Å²) in [5.41, 5.74) is 1.82. The van der Waals surface area contributed by atoms with Gasteiger partial charge in [-0.25, -0.2) is 4.79 Å². The molecule has 0 aromatic heterocycles. The molecule has 2 rings (SSSR count). The van der Waals surface area contributed by atoms with Crippen molar-refractivity contribution in [3.63, 3.8) is 0 Å². The molecule has 1 atom stereocenters. The molecule has 1 aromatic rings. The van der Waals surface area contributed by atoms with Crippen molar-refractivity contribution in [3.05, 3.63) is 35.4 Å². The van der Waals surface area contributed by atoms with Gasteiger partial charge in [-0.2, -0.15) is 0 Å². The normalized spacial score (nSPS) is 16.7. The monoisotopic (exact) mass is 375 g/mol. The highest BCUT2D eigenvalue weighted by Crippen LogP contribution is 2.21. The van der Waals surface area contributed by atoms with Gasteiger partial charge in [-0.3, -0.25) is 4.79 Å². The summed E-state index contributed by atoms with van der Waals surface area (Å²) in [6, 6.07) is 7.56. The highest BCUT2D eigenvalue weighted by molar-refractivity contribution is 5.94. The molecule has 1 unspecified atom stereocenters. The van der Waals surface area contributed by atoms with Gasteiger partial charge in [0.25, 0.3) is 5.91 Å². The van der Waals surface area contributed by atoms with Crippen LogP contribution >= 0.6 is 0 Å². The predicted octanol–water partition coefficient (Wildman–Crippen LogP) is 2.96. The molecule has 0 bridgehead atoms. The lowest BCUT2D eigenvalue weighted by Crippen LogP contribution is -2.51. The Labute approximate surface area is 162 Å². The summed E-state index contributed by atoms with van der Waals surface area (Å²) < 4.78 is 5.46. The van der Waals surface area contributed by atoms with Gasteiger partial charge in [-0.1, -0.05) is 38.5 Å². The number of carbonyl (C=O) groups is 2. The fourth-order valence-electron chi connectivity index (χ4n) is 3.27. The Hall–Kier alpha value is -2.08. The molecule has 0 radical (unpaired) electrons. The fraction of sp³-hybridized carbons (Fsp3) is 0.619. The van der Waals surface area contributed by atoms with Crippen molar-refractivity contribution in [3.8, 4) is 0 Å². The smallest absolute Gasteiger partial charge is 0.315 e. The van der Waals surface area contributed by atoms with E-state index in [1.54, 1.807) is 7.11 Å². The lowest BCUT2D eigenvalue weighted by molar-refractivity contribution is 0.0193. The van der Waals surface area contributed by atoms with Gasteiger partial charge in [-0.15, -0.1) is 0 Å². The van der Waals surface area contributed by atoms with Gasteiger partial charge in [-0.05, 0) is 37.3 Å². The maximum atomic E-state index is 12.6. The molecule has 150 valence electrons. The minimum atomic E-state index is -0.176. The van der Waals surface area contributed by atoms with E-state index >= 15 is 0 Å². The third kappa shape index (κ3) is 6.24. The van der Waals surface area contributed by atoms with Crippen molar-refractivity contribution in [2.75, 3.05) is 26.7 Å². The maximum Gasteiger partial charge on any atom is 0.315 e. The van der Waals surface area contributed by atoms with Crippen LogP contribution in [-0.4, -0.2) is 55.7 Å². The van der Waals surface area contributed by atoms with Crippen molar-refractivity contribution < 1.29 is 14.3 Å². The molecule has 6 nitrogen and oxygen atoms in total. The van der Waals surface area contributed by atoms with Crippen LogP contribution < -0.4 is 10.6 Å². The molecule has 0 spiro atoms. The van der Waals surface area contributed by atoms with E-state index in [0.717, 1.165) is 24.0 Å². The lowest BCUT2D eigenvalue weighted by Gasteiger charge is -2.33. The van der Waals surface area contributed by atoms with E-state index in [1.165, 1.54) is 0 Å². The molecule has 0 aliphatic carbocycles. The van der Waals surface area contributed by atoms with Gasteiger partial charge in [0.15, 0.2) is 0 Å². The highest BCUT2D eigenvalue weighted by Gasteiger charge is 2.27. The topological polar surface area (TPSA) is 70.7 Å². The third-order valence-electron chi connectivity index (χ3n) is 5.11. The number of nitrogens with one attached hydrogen (secondary N) is 2. The number of urea groups is 1. The molecule has 1 aliphatic heterocycles. The van der Waals surface area contributed by atoms with Gasteiger partial charge in [0.1, 0.15) is 0 Å². The van der Waals surface area contributed by atoms with Gasteiger partial charge in [0, 0.05) is 38.3 Å². The van der Waals surface area contributed by atoms with E-state index in [4.69, 9.17) is 4.74 Å². The first-order valence-electron chi connectivity index (χ1n) is 9.64. The van der Waals surface area contributed by atoms with E-state index in [-0.39, 0.29) is 29.5 Å². The number of likely N-dealkylation sites (tertiary alicyclic amines) is 1. The number of nitrogens with zero attached hydrogens (tertiary/aromatic N) is 1. The van der Waals surface area contributed by atoms with Crippen molar-refractivity contribution in [1.82, 2.24) is 15.5 Å². The number of amides is 3. The molecular weight excluding hydrogens is 342 g/mol. The average molecular weight is 376 g/mol. The fourth-order valence-corrected chi connectivity index (χ4v) is 3.27. The minimum Gasteiger partial charge on any atom is -0.379 e. The number of carbonyl (C=O) groups excluding carboxylic acids is 2. The van der Waals surface area contributed by atoms with Crippen LogP contribution in [-0.2, 0) is 4.74 Å². The van der Waals surface area contributed by atoms with Crippen LogP contribution in [0.4, 0.5) is 4.79 Å². The Balaban J connectivity index is 1.76. The van der Waals surface area contributed by atoms with E-state index in [1.807, 2.05) is 36.1 Å². The zero-order valence-corrected chi connectivity index (χ0v) is 17.2. The molecule has 6 heteroatoms. The van der Waals surface area contributed by atoms with Crippen molar-refractivity contribution in [2.24, 2.45) is 5.41 Å². The molecular formula is C21H33N3O3. The molecule has 1 saturated heterocycles. The summed E-state index contributed by atoms with van der Waals surface area (Å²) >= 11 is 0. The zero-order valence-electron chi connectivity index (χ0n) is 17.2. The molecule has 1 aliphatic rings.